The van der Waals surface area contributed by atoms with Crippen molar-refractivity contribution >= 4 is 23.5 Å². The van der Waals surface area contributed by atoms with E-state index >= 15 is 0 Å². The van der Waals surface area contributed by atoms with Gasteiger partial charge >= 0.3 is 6.03 Å². The average Bonchev–Trinajstić information content (AvgIpc) is 3.10. The van der Waals surface area contributed by atoms with E-state index < -0.39 is 5.60 Å². The first-order chi connectivity index (χ1) is 17.6. The molecule has 0 radical (unpaired) electrons. The van der Waals surface area contributed by atoms with Crippen LogP contribution < -0.4 is 9.47 Å². The molecule has 37 heavy (non-hydrogen) atoms. The van der Waals surface area contributed by atoms with Crippen LogP contribution in [0.3, 0.4) is 0 Å². The lowest BCUT2D eigenvalue weighted by molar-refractivity contribution is -0.125. The van der Waals surface area contributed by atoms with Gasteiger partial charge in [-0.2, -0.15) is 0 Å². The third-order valence-electron chi connectivity index (χ3n) is 6.91. The molecule has 9 heteroatoms. The predicted molar refractivity (Wildman–Crippen MR) is 142 cm³/mol. The molecule has 2 heterocycles. The quantitative estimate of drug-likeness (QED) is 0.370. The van der Waals surface area contributed by atoms with Gasteiger partial charge in [-0.3, -0.25) is 14.6 Å². The van der Waals surface area contributed by atoms with Crippen LogP contribution in [0.4, 0.5) is 4.79 Å². The van der Waals surface area contributed by atoms with Crippen molar-refractivity contribution in [3.8, 4) is 11.5 Å². The summed E-state index contributed by atoms with van der Waals surface area (Å²) in [5, 5.41) is 11.9. The number of urea groups is 1. The SMILES string of the molecule is Cc1cc(OC[C@@]2(O)CCCN(Cc3ccc(OCCCN4C(=O)CN(C)C4=O)cc3)C2)cc(C)c1Cl. The lowest BCUT2D eigenvalue weighted by Gasteiger charge is -2.39. The second kappa shape index (κ2) is 11.7. The monoisotopic (exact) mass is 529 g/mol. The van der Waals surface area contributed by atoms with Crippen LogP contribution in [0.1, 0.15) is 36.0 Å². The maximum absolute atomic E-state index is 11.9. The second-order valence-corrected chi connectivity index (χ2v) is 10.6. The van der Waals surface area contributed by atoms with Gasteiger partial charge in [0, 0.05) is 31.7 Å². The first-order valence-electron chi connectivity index (χ1n) is 12.7. The van der Waals surface area contributed by atoms with E-state index in [1.54, 1.807) is 7.05 Å². The third-order valence-corrected chi connectivity index (χ3v) is 7.50. The van der Waals surface area contributed by atoms with Crippen LogP contribution in [-0.4, -0.2) is 83.8 Å². The van der Waals surface area contributed by atoms with Gasteiger partial charge in [-0.1, -0.05) is 23.7 Å². The highest BCUT2D eigenvalue weighted by Crippen LogP contribution is 2.28. The van der Waals surface area contributed by atoms with Gasteiger partial charge in [0.05, 0.1) is 6.61 Å². The summed E-state index contributed by atoms with van der Waals surface area (Å²) < 4.78 is 11.8. The Morgan fingerprint density at radius 3 is 2.41 bits per heavy atom. The van der Waals surface area contributed by atoms with E-state index in [1.165, 1.54) is 9.80 Å². The Morgan fingerprint density at radius 1 is 1.05 bits per heavy atom. The second-order valence-electron chi connectivity index (χ2n) is 10.2. The number of likely N-dealkylation sites (tertiary alicyclic amines) is 1. The fraction of sp³-hybridized carbons (Fsp3) is 0.500. The van der Waals surface area contributed by atoms with Crippen LogP contribution in [0.25, 0.3) is 0 Å². The highest BCUT2D eigenvalue weighted by atomic mass is 35.5. The zero-order chi connectivity index (χ0) is 26.6. The highest BCUT2D eigenvalue weighted by molar-refractivity contribution is 6.32. The van der Waals surface area contributed by atoms with E-state index in [1.807, 2.05) is 50.2 Å². The molecule has 0 bridgehead atoms. The van der Waals surface area contributed by atoms with E-state index in [9.17, 15) is 14.7 Å². The number of benzene rings is 2. The number of hydrogen-bond donors (Lipinski definition) is 1. The number of halogens is 1. The molecule has 2 aliphatic heterocycles. The molecule has 1 N–H and O–H groups in total. The number of carbonyl (C=O) groups excluding carboxylic acids is 2. The van der Waals surface area contributed by atoms with Gasteiger partial charge in [-0.05, 0) is 80.6 Å². The number of amides is 3. The molecule has 200 valence electrons. The summed E-state index contributed by atoms with van der Waals surface area (Å²) in [6.45, 7) is 7.26. The fourth-order valence-electron chi connectivity index (χ4n) is 4.92. The van der Waals surface area contributed by atoms with E-state index in [-0.39, 0.29) is 25.1 Å². The van der Waals surface area contributed by atoms with Gasteiger partial charge in [0.1, 0.15) is 30.3 Å². The largest absolute Gasteiger partial charge is 0.494 e. The molecule has 3 amide bonds. The molecule has 0 aromatic heterocycles. The molecular formula is C28H36ClN3O5. The lowest BCUT2D eigenvalue weighted by atomic mass is 9.93. The van der Waals surface area contributed by atoms with Gasteiger partial charge in [0.25, 0.3) is 0 Å². The molecule has 4 rings (SSSR count). The van der Waals surface area contributed by atoms with Crippen LogP contribution in [0, 0.1) is 13.8 Å². The van der Waals surface area contributed by atoms with Crippen LogP contribution >= 0.6 is 11.6 Å². The van der Waals surface area contributed by atoms with Gasteiger partial charge < -0.3 is 19.5 Å². The maximum Gasteiger partial charge on any atom is 0.326 e. The van der Waals surface area contributed by atoms with Crippen molar-refractivity contribution in [2.75, 3.05) is 46.4 Å². The number of ether oxygens (including phenoxy) is 2. The summed E-state index contributed by atoms with van der Waals surface area (Å²) in [5.74, 6) is 1.31. The number of aryl methyl sites for hydroxylation is 2. The number of piperidine rings is 1. The minimum absolute atomic E-state index is 0.143. The summed E-state index contributed by atoms with van der Waals surface area (Å²) in [6, 6.07) is 11.5. The summed E-state index contributed by atoms with van der Waals surface area (Å²) in [5.41, 5.74) is 2.16. The summed E-state index contributed by atoms with van der Waals surface area (Å²) in [7, 11) is 1.62. The van der Waals surface area contributed by atoms with Crippen molar-refractivity contribution in [1.29, 1.82) is 0 Å². The number of nitrogens with zero attached hydrogens (tertiary/aromatic N) is 3. The predicted octanol–water partition coefficient (Wildman–Crippen LogP) is 4.03. The maximum atomic E-state index is 11.9. The Labute approximate surface area is 223 Å². The molecule has 8 nitrogen and oxygen atoms in total. The molecule has 1 atom stereocenters. The normalized spacial score (nSPS) is 20.6. The molecule has 2 aromatic rings. The standard InChI is InChI=1S/C28H36ClN3O5/c1-20-14-24(15-21(2)26(20)29)37-19-28(35)10-4-11-31(18-28)16-22-6-8-23(9-7-22)36-13-5-12-32-25(33)17-30(3)27(32)34/h6-9,14-15,35H,4-5,10-13,16-19H2,1-3H3/t28-/m1/s1. The van der Waals surface area contributed by atoms with Crippen molar-refractivity contribution in [2.45, 2.75) is 45.3 Å². The number of likely N-dealkylation sites (N-methyl/N-ethyl adjacent to an activating group) is 1. The van der Waals surface area contributed by atoms with Crippen LogP contribution in [-0.2, 0) is 11.3 Å². The number of β-amino-alcohol motifs (C(OH)–C–C–N with tert-alkyl or cyclic N) is 1. The number of carbonyl (C=O) groups is 2. The number of aliphatic hydroxyl groups is 1. The topological polar surface area (TPSA) is 82.6 Å². The third kappa shape index (κ3) is 6.94. The molecule has 0 unspecified atom stereocenters. The van der Waals surface area contributed by atoms with Crippen LogP contribution in [0.15, 0.2) is 36.4 Å². The Morgan fingerprint density at radius 2 is 1.76 bits per heavy atom. The number of hydrogen-bond acceptors (Lipinski definition) is 6. The summed E-state index contributed by atoms with van der Waals surface area (Å²) in [4.78, 5) is 28.7. The summed E-state index contributed by atoms with van der Waals surface area (Å²) in [6.07, 6.45) is 2.18. The zero-order valence-corrected chi connectivity index (χ0v) is 22.6. The van der Waals surface area contributed by atoms with Crippen LogP contribution in [0.5, 0.6) is 11.5 Å². The van der Waals surface area contributed by atoms with Crippen molar-refractivity contribution in [1.82, 2.24) is 14.7 Å². The molecule has 0 spiro atoms. The van der Waals surface area contributed by atoms with Gasteiger partial charge in [0.2, 0.25) is 5.91 Å². The highest BCUT2D eigenvalue weighted by Gasteiger charge is 2.34. The number of imide groups is 1. The van der Waals surface area contributed by atoms with Gasteiger partial charge in [-0.15, -0.1) is 0 Å². The van der Waals surface area contributed by atoms with Crippen molar-refractivity contribution in [3.63, 3.8) is 0 Å². The van der Waals surface area contributed by atoms with E-state index in [0.717, 1.165) is 52.7 Å². The van der Waals surface area contributed by atoms with Crippen molar-refractivity contribution in [3.05, 3.63) is 58.1 Å². The lowest BCUT2D eigenvalue weighted by Crippen LogP contribution is -2.51. The van der Waals surface area contributed by atoms with Crippen LogP contribution in [0.2, 0.25) is 5.02 Å². The van der Waals surface area contributed by atoms with Crippen molar-refractivity contribution in [2.24, 2.45) is 0 Å². The fourth-order valence-corrected chi connectivity index (χ4v) is 5.03. The zero-order valence-electron chi connectivity index (χ0n) is 21.8. The van der Waals surface area contributed by atoms with E-state index in [4.69, 9.17) is 21.1 Å². The minimum atomic E-state index is -0.907. The number of rotatable bonds is 10. The van der Waals surface area contributed by atoms with Crippen molar-refractivity contribution < 1.29 is 24.2 Å². The minimum Gasteiger partial charge on any atom is -0.494 e. The Bertz CT molecular complexity index is 1100. The Kier molecular flexibility index (Phi) is 8.62. The molecule has 2 aliphatic rings. The first-order valence-corrected chi connectivity index (χ1v) is 13.1. The summed E-state index contributed by atoms with van der Waals surface area (Å²) >= 11 is 6.26. The van der Waals surface area contributed by atoms with E-state index in [2.05, 4.69) is 4.90 Å². The molecule has 0 saturated carbocycles. The smallest absolute Gasteiger partial charge is 0.326 e. The molecule has 0 aliphatic carbocycles. The molecule has 2 fully saturated rings. The molecule has 2 aromatic carbocycles. The Balaban J connectivity index is 1.22. The Hall–Kier alpha value is -2.81. The average molecular weight is 530 g/mol. The first kappa shape index (κ1) is 27.2. The molecule has 2 saturated heterocycles. The molecular weight excluding hydrogens is 494 g/mol. The van der Waals surface area contributed by atoms with Gasteiger partial charge in [0.15, 0.2) is 0 Å². The van der Waals surface area contributed by atoms with E-state index in [0.29, 0.717) is 32.5 Å². The van der Waals surface area contributed by atoms with Gasteiger partial charge in [-0.25, -0.2) is 4.79 Å².